The highest BCUT2D eigenvalue weighted by Gasteiger charge is 2.24. The number of amides is 3. The molecule has 1 heterocycles. The van der Waals surface area contributed by atoms with Crippen molar-refractivity contribution in [2.75, 3.05) is 6.54 Å². The highest BCUT2D eigenvalue weighted by atomic mass is 16.5. The van der Waals surface area contributed by atoms with Crippen molar-refractivity contribution in [3.8, 4) is 11.3 Å². The molecule has 1 aromatic heterocycles. The fourth-order valence-corrected chi connectivity index (χ4v) is 3.03. The predicted molar refractivity (Wildman–Crippen MR) is 115 cm³/mol. The zero-order chi connectivity index (χ0) is 22.5. The number of urea groups is 1. The van der Waals surface area contributed by atoms with Crippen LogP contribution in [0, 0.1) is 6.92 Å². The molecule has 3 aromatic rings. The van der Waals surface area contributed by atoms with Gasteiger partial charge in [-0.1, -0.05) is 36.4 Å². The number of rotatable bonds is 5. The number of imide groups is 1. The SMILES string of the molecule is CCNC(=O)NC(=O)C(C)OC(=O)c1cccc2c(=O)c(C)c(-c3ccccc3)oc12. The smallest absolute Gasteiger partial charge is 0.342 e. The average Bonchev–Trinajstić information content (AvgIpc) is 2.76. The van der Waals surface area contributed by atoms with E-state index in [1.165, 1.54) is 19.1 Å². The molecule has 2 N–H and O–H groups in total. The van der Waals surface area contributed by atoms with E-state index in [0.717, 1.165) is 0 Å². The summed E-state index contributed by atoms with van der Waals surface area (Å²) >= 11 is 0. The molecule has 0 aliphatic heterocycles. The second-order valence-electron chi connectivity index (χ2n) is 6.83. The Balaban J connectivity index is 1.96. The van der Waals surface area contributed by atoms with Gasteiger partial charge in [-0.05, 0) is 32.9 Å². The summed E-state index contributed by atoms with van der Waals surface area (Å²) in [6, 6.07) is 12.9. The summed E-state index contributed by atoms with van der Waals surface area (Å²) in [4.78, 5) is 49.2. The highest BCUT2D eigenvalue weighted by Crippen LogP contribution is 2.27. The molecular weight excluding hydrogens is 400 g/mol. The third kappa shape index (κ3) is 4.63. The van der Waals surface area contributed by atoms with Crippen molar-refractivity contribution >= 4 is 28.9 Å². The monoisotopic (exact) mass is 422 g/mol. The molecule has 8 heteroatoms. The molecule has 31 heavy (non-hydrogen) atoms. The fourth-order valence-electron chi connectivity index (χ4n) is 3.03. The number of fused-ring (bicyclic) bond motifs is 1. The molecule has 8 nitrogen and oxygen atoms in total. The van der Waals surface area contributed by atoms with Gasteiger partial charge in [0.1, 0.15) is 11.3 Å². The normalized spacial score (nSPS) is 11.6. The van der Waals surface area contributed by atoms with Crippen LogP contribution in [0.25, 0.3) is 22.3 Å². The van der Waals surface area contributed by atoms with Gasteiger partial charge in [-0.3, -0.25) is 14.9 Å². The maximum Gasteiger partial charge on any atom is 0.342 e. The van der Waals surface area contributed by atoms with Gasteiger partial charge in [0, 0.05) is 17.7 Å². The summed E-state index contributed by atoms with van der Waals surface area (Å²) in [5.41, 5.74) is 0.912. The minimum atomic E-state index is -1.24. The molecule has 0 radical (unpaired) electrons. The number of carbonyl (C=O) groups is 3. The Morgan fingerprint density at radius 3 is 2.45 bits per heavy atom. The summed E-state index contributed by atoms with van der Waals surface area (Å²) < 4.78 is 11.2. The van der Waals surface area contributed by atoms with E-state index in [1.807, 2.05) is 18.2 Å². The van der Waals surface area contributed by atoms with Gasteiger partial charge in [-0.15, -0.1) is 0 Å². The molecule has 0 fully saturated rings. The topological polar surface area (TPSA) is 115 Å². The van der Waals surface area contributed by atoms with Crippen LogP contribution in [0.15, 0.2) is 57.7 Å². The van der Waals surface area contributed by atoms with E-state index in [-0.39, 0.29) is 22.0 Å². The summed E-state index contributed by atoms with van der Waals surface area (Å²) in [5.74, 6) is -1.28. The van der Waals surface area contributed by atoms with E-state index in [4.69, 9.17) is 9.15 Å². The van der Waals surface area contributed by atoms with Gasteiger partial charge in [0.05, 0.1) is 5.39 Å². The Labute approximate surface area is 178 Å². The average molecular weight is 422 g/mol. The van der Waals surface area contributed by atoms with Crippen molar-refractivity contribution in [2.45, 2.75) is 26.9 Å². The van der Waals surface area contributed by atoms with E-state index in [1.54, 1.807) is 32.0 Å². The van der Waals surface area contributed by atoms with E-state index in [9.17, 15) is 19.2 Å². The molecule has 0 saturated heterocycles. The molecule has 0 aliphatic rings. The molecular formula is C23H22N2O6. The number of nitrogens with one attached hydrogen (secondary N) is 2. The van der Waals surface area contributed by atoms with Gasteiger partial charge < -0.3 is 14.5 Å². The number of hydrogen-bond donors (Lipinski definition) is 2. The van der Waals surface area contributed by atoms with E-state index in [0.29, 0.717) is 23.4 Å². The molecule has 0 bridgehead atoms. The Kier molecular flexibility index (Phi) is 6.49. The first-order valence-electron chi connectivity index (χ1n) is 9.75. The van der Waals surface area contributed by atoms with Crippen LogP contribution in [0.4, 0.5) is 4.79 Å². The molecule has 0 saturated carbocycles. The standard InChI is InChI=1S/C23H22N2O6/c1-4-24-23(29)25-21(27)14(3)30-22(28)17-12-8-11-16-18(26)13(2)19(31-20(16)17)15-9-6-5-7-10-15/h5-12,14H,4H2,1-3H3,(H2,24,25,27,29). The van der Waals surface area contributed by atoms with Gasteiger partial charge in [-0.25, -0.2) is 9.59 Å². The molecule has 160 valence electrons. The number of carbonyl (C=O) groups excluding carboxylic acids is 3. The first kappa shape index (κ1) is 21.8. The van der Waals surface area contributed by atoms with E-state index >= 15 is 0 Å². The van der Waals surface area contributed by atoms with Crippen LogP contribution in [0.5, 0.6) is 0 Å². The van der Waals surface area contributed by atoms with E-state index < -0.39 is 24.0 Å². The van der Waals surface area contributed by atoms with Crippen LogP contribution < -0.4 is 16.1 Å². The maximum absolute atomic E-state index is 12.9. The van der Waals surface area contributed by atoms with Crippen molar-refractivity contribution in [1.82, 2.24) is 10.6 Å². The van der Waals surface area contributed by atoms with Gasteiger partial charge in [0.15, 0.2) is 17.1 Å². The van der Waals surface area contributed by atoms with E-state index in [2.05, 4.69) is 10.6 Å². The molecule has 3 rings (SSSR count). The zero-order valence-electron chi connectivity index (χ0n) is 17.4. The number of benzene rings is 2. The van der Waals surface area contributed by atoms with Crippen LogP contribution in [0.2, 0.25) is 0 Å². The van der Waals surface area contributed by atoms with Crippen LogP contribution in [0.1, 0.15) is 29.8 Å². The second kappa shape index (κ2) is 9.25. The number of esters is 1. The van der Waals surface area contributed by atoms with Crippen LogP contribution >= 0.6 is 0 Å². The minimum absolute atomic E-state index is 0.00411. The number of hydrogen-bond acceptors (Lipinski definition) is 6. The Morgan fingerprint density at radius 1 is 1.06 bits per heavy atom. The van der Waals surface area contributed by atoms with Gasteiger partial charge >= 0.3 is 12.0 Å². The van der Waals surface area contributed by atoms with Crippen molar-refractivity contribution < 1.29 is 23.5 Å². The quantitative estimate of drug-likeness (QED) is 0.611. The number of para-hydroxylation sites is 1. The fraction of sp³-hybridized carbons (Fsp3) is 0.217. The third-order valence-electron chi connectivity index (χ3n) is 4.63. The maximum atomic E-state index is 12.9. The zero-order valence-corrected chi connectivity index (χ0v) is 17.4. The Morgan fingerprint density at radius 2 is 1.77 bits per heavy atom. The lowest BCUT2D eigenvalue weighted by atomic mass is 10.0. The third-order valence-corrected chi connectivity index (χ3v) is 4.63. The highest BCUT2D eigenvalue weighted by molar-refractivity contribution is 6.04. The summed E-state index contributed by atoms with van der Waals surface area (Å²) in [7, 11) is 0. The van der Waals surface area contributed by atoms with Crippen LogP contribution in [-0.2, 0) is 9.53 Å². The minimum Gasteiger partial charge on any atom is -0.455 e. The molecule has 0 spiro atoms. The molecule has 1 unspecified atom stereocenters. The molecule has 3 amide bonds. The van der Waals surface area contributed by atoms with Gasteiger partial charge in [-0.2, -0.15) is 0 Å². The molecule has 2 aromatic carbocycles. The number of ether oxygens (including phenoxy) is 1. The van der Waals surface area contributed by atoms with Gasteiger partial charge in [0.25, 0.3) is 5.91 Å². The van der Waals surface area contributed by atoms with Crippen LogP contribution in [0.3, 0.4) is 0 Å². The molecule has 0 aliphatic carbocycles. The second-order valence-corrected chi connectivity index (χ2v) is 6.83. The van der Waals surface area contributed by atoms with Gasteiger partial charge in [0.2, 0.25) is 0 Å². The predicted octanol–water partition coefficient (Wildman–Crippen LogP) is 3.16. The van der Waals surface area contributed by atoms with Crippen LogP contribution in [-0.4, -0.2) is 30.6 Å². The lowest BCUT2D eigenvalue weighted by Crippen LogP contribution is -2.44. The van der Waals surface area contributed by atoms with Crippen molar-refractivity contribution in [3.05, 3.63) is 69.9 Å². The first-order chi connectivity index (χ1) is 14.8. The lowest BCUT2D eigenvalue weighted by Gasteiger charge is -2.14. The molecule has 1 atom stereocenters. The summed E-state index contributed by atoms with van der Waals surface area (Å²) in [5, 5.41) is 4.72. The largest absolute Gasteiger partial charge is 0.455 e. The lowest BCUT2D eigenvalue weighted by molar-refractivity contribution is -0.127. The van der Waals surface area contributed by atoms with Crippen molar-refractivity contribution in [3.63, 3.8) is 0 Å². The van der Waals surface area contributed by atoms with Crippen molar-refractivity contribution in [1.29, 1.82) is 0 Å². The first-order valence-corrected chi connectivity index (χ1v) is 9.75. The summed E-state index contributed by atoms with van der Waals surface area (Å²) in [6.45, 7) is 5.04. The van der Waals surface area contributed by atoms with Crippen molar-refractivity contribution in [2.24, 2.45) is 0 Å². The Hall–Kier alpha value is -3.94. The summed E-state index contributed by atoms with van der Waals surface area (Å²) in [6.07, 6.45) is -1.24. The Bertz CT molecular complexity index is 1200.